The Bertz CT molecular complexity index is 674. The summed E-state index contributed by atoms with van der Waals surface area (Å²) in [6, 6.07) is 1.83. The summed E-state index contributed by atoms with van der Waals surface area (Å²) < 4.78 is 6.99. The molecule has 1 aliphatic rings. The fourth-order valence-corrected chi connectivity index (χ4v) is 2.19. The first-order valence-electron chi connectivity index (χ1n) is 6.26. The number of aromatic nitrogens is 5. The van der Waals surface area contributed by atoms with Crippen LogP contribution in [0.1, 0.15) is 5.69 Å². The molecular formula is C11H15N7OS. The second-order valence-electron chi connectivity index (χ2n) is 4.52. The van der Waals surface area contributed by atoms with Crippen LogP contribution in [0.15, 0.2) is 6.07 Å². The number of nitrogen functional groups attached to an aromatic ring is 1. The third-order valence-electron chi connectivity index (χ3n) is 3.07. The van der Waals surface area contributed by atoms with Crippen molar-refractivity contribution in [1.29, 1.82) is 0 Å². The van der Waals surface area contributed by atoms with Gasteiger partial charge >= 0.3 is 0 Å². The van der Waals surface area contributed by atoms with E-state index in [0.717, 1.165) is 18.8 Å². The van der Waals surface area contributed by atoms with E-state index in [2.05, 4.69) is 25.1 Å². The highest BCUT2D eigenvalue weighted by atomic mass is 32.1. The molecule has 3 heterocycles. The number of aromatic amines is 1. The van der Waals surface area contributed by atoms with Gasteiger partial charge in [0, 0.05) is 18.8 Å². The average Bonchev–Trinajstić information content (AvgIpc) is 2.79. The van der Waals surface area contributed by atoms with Crippen molar-refractivity contribution in [1.82, 2.24) is 24.8 Å². The molecule has 1 saturated heterocycles. The highest BCUT2D eigenvalue weighted by molar-refractivity contribution is 7.71. The van der Waals surface area contributed by atoms with Gasteiger partial charge in [-0.3, -0.25) is 0 Å². The largest absolute Gasteiger partial charge is 0.378 e. The molecule has 1 aliphatic heterocycles. The summed E-state index contributed by atoms with van der Waals surface area (Å²) in [6.45, 7) is 4.83. The summed E-state index contributed by atoms with van der Waals surface area (Å²) in [5.74, 6) is 7.00. The van der Waals surface area contributed by atoms with Crippen molar-refractivity contribution in [2.75, 3.05) is 37.0 Å². The number of nitrogens with zero attached hydrogens (tertiary/aromatic N) is 5. The van der Waals surface area contributed by atoms with Crippen LogP contribution in [0.25, 0.3) is 11.5 Å². The summed E-state index contributed by atoms with van der Waals surface area (Å²) >= 11 is 5.01. The van der Waals surface area contributed by atoms with Gasteiger partial charge in [0.15, 0.2) is 5.82 Å². The molecule has 8 nitrogen and oxygen atoms in total. The number of morpholine rings is 1. The van der Waals surface area contributed by atoms with Crippen LogP contribution in [-0.2, 0) is 4.74 Å². The van der Waals surface area contributed by atoms with Crippen molar-refractivity contribution in [2.24, 2.45) is 0 Å². The molecule has 0 bridgehead atoms. The Labute approximate surface area is 120 Å². The maximum Gasteiger partial charge on any atom is 0.226 e. The van der Waals surface area contributed by atoms with Crippen LogP contribution in [0, 0.1) is 11.7 Å². The van der Waals surface area contributed by atoms with Crippen molar-refractivity contribution >= 4 is 18.2 Å². The Balaban J connectivity index is 2.02. The maximum absolute atomic E-state index is 5.84. The van der Waals surface area contributed by atoms with Crippen LogP contribution < -0.4 is 10.7 Å². The lowest BCUT2D eigenvalue weighted by molar-refractivity contribution is 0.122. The number of hydrogen-bond acceptors (Lipinski definition) is 7. The number of nitrogens with two attached hydrogens (primary N) is 1. The van der Waals surface area contributed by atoms with Crippen molar-refractivity contribution < 1.29 is 4.74 Å². The van der Waals surface area contributed by atoms with E-state index >= 15 is 0 Å². The number of rotatable bonds is 2. The predicted molar refractivity (Wildman–Crippen MR) is 76.4 cm³/mol. The third-order valence-corrected chi connectivity index (χ3v) is 3.36. The number of ether oxygens (including phenoxy) is 1. The molecule has 0 spiro atoms. The average molecular weight is 293 g/mol. The Morgan fingerprint density at radius 3 is 2.75 bits per heavy atom. The molecule has 106 valence electrons. The van der Waals surface area contributed by atoms with Crippen LogP contribution in [0.4, 0.5) is 5.95 Å². The Morgan fingerprint density at radius 1 is 1.35 bits per heavy atom. The number of anilines is 1. The SMILES string of the molecule is Cc1cc(-c2n[nH]c(=S)n2N)nc(N2CCOCC2)n1. The third kappa shape index (κ3) is 2.37. The highest BCUT2D eigenvalue weighted by Crippen LogP contribution is 2.18. The second kappa shape index (κ2) is 5.17. The number of aryl methyl sites for hydroxylation is 1. The first kappa shape index (κ1) is 13.0. The van der Waals surface area contributed by atoms with E-state index in [4.69, 9.17) is 22.8 Å². The second-order valence-corrected chi connectivity index (χ2v) is 4.90. The van der Waals surface area contributed by atoms with E-state index in [9.17, 15) is 0 Å². The Morgan fingerprint density at radius 2 is 2.10 bits per heavy atom. The van der Waals surface area contributed by atoms with Crippen molar-refractivity contribution in [3.05, 3.63) is 16.5 Å². The van der Waals surface area contributed by atoms with E-state index in [1.54, 1.807) is 0 Å². The van der Waals surface area contributed by atoms with Gasteiger partial charge in [-0.25, -0.2) is 19.7 Å². The van der Waals surface area contributed by atoms with E-state index in [1.807, 2.05) is 13.0 Å². The lowest BCUT2D eigenvalue weighted by atomic mass is 10.3. The fourth-order valence-electron chi connectivity index (χ4n) is 2.06. The van der Waals surface area contributed by atoms with Crippen LogP contribution in [0.3, 0.4) is 0 Å². The van der Waals surface area contributed by atoms with Gasteiger partial charge in [0.25, 0.3) is 0 Å². The molecule has 2 aromatic heterocycles. The van der Waals surface area contributed by atoms with Gasteiger partial charge in [0.05, 0.1) is 13.2 Å². The molecule has 0 aromatic carbocycles. The molecular weight excluding hydrogens is 278 g/mol. The standard InChI is InChI=1S/C11H15N7OS/c1-7-6-8(9-15-16-11(20)18(9)12)14-10(13-7)17-2-4-19-5-3-17/h6H,2-5,12H2,1H3,(H,16,20). The smallest absolute Gasteiger partial charge is 0.226 e. The monoisotopic (exact) mass is 293 g/mol. The van der Waals surface area contributed by atoms with Crippen LogP contribution in [0.2, 0.25) is 0 Å². The molecule has 3 rings (SSSR count). The molecule has 0 aliphatic carbocycles. The van der Waals surface area contributed by atoms with Crippen LogP contribution >= 0.6 is 12.2 Å². The van der Waals surface area contributed by atoms with Gasteiger partial charge in [-0.15, -0.1) is 0 Å². The van der Waals surface area contributed by atoms with E-state index in [1.165, 1.54) is 4.68 Å². The minimum Gasteiger partial charge on any atom is -0.378 e. The van der Waals surface area contributed by atoms with E-state index < -0.39 is 0 Å². The molecule has 0 amide bonds. The minimum atomic E-state index is 0.351. The van der Waals surface area contributed by atoms with E-state index in [0.29, 0.717) is 35.5 Å². The zero-order chi connectivity index (χ0) is 14.1. The van der Waals surface area contributed by atoms with Crippen molar-refractivity contribution in [3.63, 3.8) is 0 Å². The first-order chi connectivity index (χ1) is 9.65. The number of nitrogens with one attached hydrogen (secondary N) is 1. The quantitative estimate of drug-likeness (QED) is 0.605. The normalized spacial score (nSPS) is 15.6. The number of hydrogen-bond donors (Lipinski definition) is 2. The molecule has 0 saturated carbocycles. The van der Waals surface area contributed by atoms with Crippen LogP contribution in [-0.4, -0.2) is 51.1 Å². The van der Waals surface area contributed by atoms with E-state index in [-0.39, 0.29) is 0 Å². The lowest BCUT2D eigenvalue weighted by Gasteiger charge is -2.27. The molecule has 0 atom stereocenters. The fraction of sp³-hybridized carbons (Fsp3) is 0.455. The van der Waals surface area contributed by atoms with Gasteiger partial charge in [0.1, 0.15) is 5.69 Å². The zero-order valence-electron chi connectivity index (χ0n) is 11.0. The summed E-state index contributed by atoms with van der Waals surface area (Å²) in [5.41, 5.74) is 1.50. The molecule has 0 radical (unpaired) electrons. The maximum atomic E-state index is 5.84. The van der Waals surface area contributed by atoms with Crippen LogP contribution in [0.5, 0.6) is 0 Å². The topological polar surface area (TPSA) is 97.9 Å². The molecule has 3 N–H and O–H groups in total. The zero-order valence-corrected chi connectivity index (χ0v) is 11.9. The minimum absolute atomic E-state index is 0.351. The van der Waals surface area contributed by atoms with Crippen molar-refractivity contribution in [2.45, 2.75) is 6.92 Å². The van der Waals surface area contributed by atoms with Crippen molar-refractivity contribution in [3.8, 4) is 11.5 Å². The first-order valence-corrected chi connectivity index (χ1v) is 6.67. The number of H-pyrrole nitrogens is 1. The Kier molecular flexibility index (Phi) is 3.36. The Hall–Kier alpha value is -2.00. The predicted octanol–water partition coefficient (Wildman–Crippen LogP) is 0.257. The molecule has 9 heteroatoms. The highest BCUT2D eigenvalue weighted by Gasteiger charge is 2.17. The molecule has 1 fully saturated rings. The summed E-state index contributed by atoms with van der Waals surface area (Å²) in [4.78, 5) is 11.1. The summed E-state index contributed by atoms with van der Waals surface area (Å²) in [6.07, 6.45) is 0. The van der Waals surface area contributed by atoms with Gasteiger partial charge in [-0.2, -0.15) is 5.10 Å². The van der Waals surface area contributed by atoms with Gasteiger partial charge in [-0.1, -0.05) is 0 Å². The van der Waals surface area contributed by atoms with Gasteiger partial charge in [0.2, 0.25) is 10.7 Å². The lowest BCUT2D eigenvalue weighted by Crippen LogP contribution is -2.37. The molecule has 2 aromatic rings. The summed E-state index contributed by atoms with van der Waals surface area (Å²) in [5, 5.41) is 6.75. The molecule has 0 unspecified atom stereocenters. The summed E-state index contributed by atoms with van der Waals surface area (Å²) in [7, 11) is 0. The van der Waals surface area contributed by atoms with Gasteiger partial charge in [-0.05, 0) is 25.2 Å². The molecule has 20 heavy (non-hydrogen) atoms. The van der Waals surface area contributed by atoms with Gasteiger partial charge < -0.3 is 15.5 Å².